The van der Waals surface area contributed by atoms with Crippen LogP contribution in [0, 0.1) is 5.82 Å². The van der Waals surface area contributed by atoms with E-state index < -0.39 is 29.9 Å². The summed E-state index contributed by atoms with van der Waals surface area (Å²) in [5, 5.41) is 2.64. The number of halogens is 4. The number of carbonyl (C=O) groups is 1. The van der Waals surface area contributed by atoms with Crippen molar-refractivity contribution < 1.29 is 31.8 Å². The number of hydrogen-bond donors (Lipinski definition) is 1. The second-order valence-electron chi connectivity index (χ2n) is 5.16. The van der Waals surface area contributed by atoms with Crippen molar-refractivity contribution >= 4 is 5.91 Å². The molecular formula is C17H15F4NO3. The zero-order valence-electron chi connectivity index (χ0n) is 13.4. The Hall–Kier alpha value is -2.77. The van der Waals surface area contributed by atoms with Crippen molar-refractivity contribution in [2.75, 3.05) is 7.11 Å². The molecule has 0 spiro atoms. The lowest BCUT2D eigenvalue weighted by molar-refractivity contribution is -0.274. The molecule has 2 rings (SSSR count). The molecule has 0 saturated heterocycles. The standard InChI is InChI=1S/C17H15F4NO3/c1-10(12-5-8-15(24-2)14(18)9-12)22-16(23)11-3-6-13(7-4-11)25-17(19,20)21/h3-10H,1-2H3,(H,22,23)/t10-/m1/s1. The highest BCUT2D eigenvalue weighted by Crippen LogP contribution is 2.24. The van der Waals surface area contributed by atoms with Gasteiger partial charge in [-0.05, 0) is 48.9 Å². The van der Waals surface area contributed by atoms with Gasteiger partial charge in [0.15, 0.2) is 11.6 Å². The summed E-state index contributed by atoms with van der Waals surface area (Å²) in [6.45, 7) is 1.65. The van der Waals surface area contributed by atoms with Crippen LogP contribution in [0.3, 0.4) is 0 Å². The molecule has 25 heavy (non-hydrogen) atoms. The van der Waals surface area contributed by atoms with E-state index in [1.54, 1.807) is 13.0 Å². The number of methoxy groups -OCH3 is 1. The van der Waals surface area contributed by atoms with Crippen LogP contribution in [-0.4, -0.2) is 19.4 Å². The minimum Gasteiger partial charge on any atom is -0.494 e. The minimum absolute atomic E-state index is 0.0857. The van der Waals surface area contributed by atoms with Gasteiger partial charge in [-0.15, -0.1) is 13.2 Å². The summed E-state index contributed by atoms with van der Waals surface area (Å²) in [5.74, 6) is -1.41. The van der Waals surface area contributed by atoms with E-state index in [2.05, 4.69) is 10.1 Å². The fourth-order valence-corrected chi connectivity index (χ4v) is 2.12. The number of amides is 1. The molecular weight excluding hydrogens is 342 g/mol. The molecule has 0 saturated carbocycles. The van der Waals surface area contributed by atoms with Gasteiger partial charge in [-0.3, -0.25) is 4.79 Å². The largest absolute Gasteiger partial charge is 0.573 e. The third-order valence-corrected chi connectivity index (χ3v) is 3.37. The Morgan fingerprint density at radius 3 is 2.28 bits per heavy atom. The van der Waals surface area contributed by atoms with Gasteiger partial charge < -0.3 is 14.8 Å². The molecule has 0 aliphatic heterocycles. The van der Waals surface area contributed by atoms with Crippen molar-refractivity contribution in [3.8, 4) is 11.5 Å². The number of rotatable bonds is 5. The van der Waals surface area contributed by atoms with Gasteiger partial charge in [0.05, 0.1) is 13.2 Å². The maximum Gasteiger partial charge on any atom is 0.573 e. The maximum atomic E-state index is 13.7. The molecule has 2 aromatic carbocycles. The van der Waals surface area contributed by atoms with Crippen molar-refractivity contribution in [1.82, 2.24) is 5.32 Å². The van der Waals surface area contributed by atoms with Crippen molar-refractivity contribution in [2.45, 2.75) is 19.3 Å². The smallest absolute Gasteiger partial charge is 0.494 e. The van der Waals surface area contributed by atoms with E-state index in [-0.39, 0.29) is 11.3 Å². The average Bonchev–Trinajstić information content (AvgIpc) is 2.53. The Labute approximate surface area is 141 Å². The van der Waals surface area contributed by atoms with E-state index in [9.17, 15) is 22.4 Å². The van der Waals surface area contributed by atoms with Crippen LogP contribution in [0.4, 0.5) is 17.6 Å². The van der Waals surface area contributed by atoms with Gasteiger partial charge in [-0.2, -0.15) is 0 Å². The quantitative estimate of drug-likeness (QED) is 0.815. The van der Waals surface area contributed by atoms with Gasteiger partial charge in [-0.25, -0.2) is 4.39 Å². The first-order chi connectivity index (χ1) is 11.7. The lowest BCUT2D eigenvalue weighted by Crippen LogP contribution is -2.26. The average molecular weight is 357 g/mol. The fourth-order valence-electron chi connectivity index (χ4n) is 2.12. The van der Waals surface area contributed by atoms with Crippen LogP contribution >= 0.6 is 0 Å². The first-order valence-corrected chi connectivity index (χ1v) is 7.19. The molecule has 0 bridgehead atoms. The second kappa shape index (κ2) is 7.42. The molecule has 134 valence electrons. The molecule has 8 heteroatoms. The zero-order chi connectivity index (χ0) is 18.6. The molecule has 1 N–H and O–H groups in total. The Morgan fingerprint density at radius 2 is 1.76 bits per heavy atom. The molecule has 2 aromatic rings. The molecule has 1 atom stereocenters. The number of nitrogens with one attached hydrogen (secondary N) is 1. The molecule has 4 nitrogen and oxygen atoms in total. The third-order valence-electron chi connectivity index (χ3n) is 3.37. The van der Waals surface area contributed by atoms with Gasteiger partial charge in [0.25, 0.3) is 5.91 Å². The molecule has 0 aliphatic rings. The van der Waals surface area contributed by atoms with Gasteiger partial charge >= 0.3 is 6.36 Å². The first-order valence-electron chi connectivity index (χ1n) is 7.19. The van der Waals surface area contributed by atoms with Crippen LogP contribution in [0.25, 0.3) is 0 Å². The Morgan fingerprint density at radius 1 is 1.12 bits per heavy atom. The van der Waals surface area contributed by atoms with Crippen molar-refractivity contribution in [3.05, 3.63) is 59.4 Å². The van der Waals surface area contributed by atoms with Gasteiger partial charge in [0.2, 0.25) is 0 Å². The molecule has 0 radical (unpaired) electrons. The van der Waals surface area contributed by atoms with Crippen LogP contribution in [0.2, 0.25) is 0 Å². The number of benzene rings is 2. The van der Waals surface area contributed by atoms with Crippen LogP contribution in [-0.2, 0) is 0 Å². The highest BCUT2D eigenvalue weighted by Gasteiger charge is 2.31. The molecule has 0 aliphatic carbocycles. The molecule has 0 aromatic heterocycles. The van der Waals surface area contributed by atoms with E-state index in [1.807, 2.05) is 0 Å². The highest BCUT2D eigenvalue weighted by molar-refractivity contribution is 5.94. The Bertz CT molecular complexity index is 745. The summed E-state index contributed by atoms with van der Waals surface area (Å²) < 4.78 is 58.6. The van der Waals surface area contributed by atoms with Crippen LogP contribution in [0.1, 0.15) is 28.9 Å². The summed E-state index contributed by atoms with van der Waals surface area (Å²) in [6, 6.07) is 8.27. The van der Waals surface area contributed by atoms with E-state index in [0.717, 1.165) is 12.1 Å². The van der Waals surface area contributed by atoms with Crippen molar-refractivity contribution in [3.63, 3.8) is 0 Å². The summed E-state index contributed by atoms with van der Waals surface area (Å²) >= 11 is 0. The Balaban J connectivity index is 2.04. The van der Waals surface area contributed by atoms with E-state index in [0.29, 0.717) is 5.56 Å². The molecule has 0 heterocycles. The van der Waals surface area contributed by atoms with E-state index in [4.69, 9.17) is 4.74 Å². The normalized spacial score (nSPS) is 12.4. The minimum atomic E-state index is -4.79. The number of alkyl halides is 3. The lowest BCUT2D eigenvalue weighted by Gasteiger charge is -2.15. The SMILES string of the molecule is COc1ccc([C@@H](C)NC(=O)c2ccc(OC(F)(F)F)cc2)cc1F. The lowest BCUT2D eigenvalue weighted by atomic mass is 10.1. The van der Waals surface area contributed by atoms with Gasteiger partial charge in [-0.1, -0.05) is 6.07 Å². The van der Waals surface area contributed by atoms with Crippen LogP contribution < -0.4 is 14.8 Å². The summed E-state index contributed by atoms with van der Waals surface area (Å²) in [4.78, 5) is 12.1. The van der Waals surface area contributed by atoms with E-state index >= 15 is 0 Å². The Kier molecular flexibility index (Phi) is 5.51. The van der Waals surface area contributed by atoms with Crippen LogP contribution in [0.15, 0.2) is 42.5 Å². The summed E-state index contributed by atoms with van der Waals surface area (Å²) in [6.07, 6.45) is -4.79. The van der Waals surface area contributed by atoms with Crippen molar-refractivity contribution in [1.29, 1.82) is 0 Å². The number of ether oxygens (including phenoxy) is 2. The molecule has 0 unspecified atom stereocenters. The zero-order valence-corrected chi connectivity index (χ0v) is 13.4. The predicted molar refractivity (Wildman–Crippen MR) is 82.0 cm³/mol. The third kappa shape index (κ3) is 5.10. The molecule has 1 amide bonds. The number of hydrogen-bond acceptors (Lipinski definition) is 3. The van der Waals surface area contributed by atoms with Gasteiger partial charge in [0.1, 0.15) is 5.75 Å². The summed E-state index contributed by atoms with van der Waals surface area (Å²) in [7, 11) is 1.34. The second-order valence-corrected chi connectivity index (χ2v) is 5.16. The van der Waals surface area contributed by atoms with Gasteiger partial charge in [0, 0.05) is 5.56 Å². The monoisotopic (exact) mass is 357 g/mol. The van der Waals surface area contributed by atoms with Crippen molar-refractivity contribution in [2.24, 2.45) is 0 Å². The van der Waals surface area contributed by atoms with E-state index in [1.165, 1.54) is 31.4 Å². The first kappa shape index (κ1) is 18.6. The highest BCUT2D eigenvalue weighted by atomic mass is 19.4. The fraction of sp³-hybridized carbons (Fsp3) is 0.235. The number of carbonyl (C=O) groups excluding carboxylic acids is 1. The topological polar surface area (TPSA) is 47.6 Å². The maximum absolute atomic E-state index is 13.7. The molecule has 0 fully saturated rings. The predicted octanol–water partition coefficient (Wildman–Crippen LogP) is 4.22. The summed E-state index contributed by atoms with van der Waals surface area (Å²) in [5.41, 5.74) is 0.666. The van der Waals surface area contributed by atoms with Crippen LogP contribution in [0.5, 0.6) is 11.5 Å².